The largest absolute Gasteiger partial charge is 0.479 e. The second-order valence-corrected chi connectivity index (χ2v) is 9.41. The Bertz CT molecular complexity index is 1400. The minimum absolute atomic E-state index is 0.257. The van der Waals surface area contributed by atoms with Gasteiger partial charge in [0.15, 0.2) is 0 Å². The normalized spacial score (nSPS) is 21.2. The summed E-state index contributed by atoms with van der Waals surface area (Å²) in [5.41, 5.74) is 4.19. The van der Waals surface area contributed by atoms with E-state index in [4.69, 9.17) is 9.47 Å². The molecule has 190 valence electrons. The molecular weight excluding hydrogens is 468 g/mol. The third-order valence-electron chi connectivity index (χ3n) is 7.25. The van der Waals surface area contributed by atoms with Crippen LogP contribution in [0.3, 0.4) is 0 Å². The summed E-state index contributed by atoms with van der Waals surface area (Å²) >= 11 is 0. The first-order valence-corrected chi connectivity index (χ1v) is 12.2. The number of aryl methyl sites for hydroxylation is 2. The lowest BCUT2D eigenvalue weighted by atomic mass is 10.0. The van der Waals surface area contributed by atoms with Gasteiger partial charge in [-0.05, 0) is 37.1 Å². The summed E-state index contributed by atoms with van der Waals surface area (Å²) in [6.07, 6.45) is 1.46. The van der Waals surface area contributed by atoms with Crippen LogP contribution >= 0.6 is 0 Å². The number of hydrogen-bond donors (Lipinski definition) is 1. The predicted molar refractivity (Wildman–Crippen MR) is 132 cm³/mol. The molecule has 2 saturated heterocycles. The SMILES string of the molecule is COc1nc(N[C@@H]2CCN(C3COC3)C[C@@H]2F)nn2ccc(-c3ccc4nc(C)n(CCF)c4c3)c12. The van der Waals surface area contributed by atoms with Crippen LogP contribution in [-0.2, 0) is 11.3 Å². The topological polar surface area (TPSA) is 81.7 Å². The summed E-state index contributed by atoms with van der Waals surface area (Å²) in [5, 5.41) is 7.79. The molecule has 36 heavy (non-hydrogen) atoms. The number of aromatic nitrogens is 5. The summed E-state index contributed by atoms with van der Waals surface area (Å²) in [5.74, 6) is 1.48. The van der Waals surface area contributed by atoms with E-state index in [1.54, 1.807) is 11.6 Å². The standard InChI is InChI=1S/C25H29F2N7O2/c1-15-28-21-4-3-16(11-22(21)33(15)10-7-26)18-5-9-34-23(18)24(35-2)30-25(31-34)29-20-6-8-32(12-19(20)27)17-13-36-14-17/h3-5,9,11,17,19-20H,6-8,10,12-14H2,1-2H3,(H,29,31)/t19-,20+/m0/s1. The summed E-state index contributed by atoms with van der Waals surface area (Å²) < 4.78 is 42.6. The summed E-state index contributed by atoms with van der Waals surface area (Å²) in [7, 11) is 1.56. The maximum atomic E-state index is 15.0. The highest BCUT2D eigenvalue weighted by Crippen LogP contribution is 2.33. The van der Waals surface area contributed by atoms with E-state index in [0.29, 0.717) is 49.6 Å². The number of anilines is 1. The smallest absolute Gasteiger partial charge is 0.244 e. The van der Waals surface area contributed by atoms with E-state index in [2.05, 4.69) is 25.3 Å². The number of ether oxygens (including phenoxy) is 2. The highest BCUT2D eigenvalue weighted by molar-refractivity contribution is 5.89. The number of alkyl halides is 2. The van der Waals surface area contributed by atoms with Crippen molar-refractivity contribution in [3.63, 3.8) is 0 Å². The van der Waals surface area contributed by atoms with Crippen LogP contribution in [-0.4, -0.2) is 87.4 Å². The number of imidazole rings is 1. The molecule has 0 aliphatic carbocycles. The second kappa shape index (κ2) is 9.29. The van der Waals surface area contributed by atoms with E-state index >= 15 is 0 Å². The first-order valence-electron chi connectivity index (χ1n) is 12.2. The molecule has 0 bridgehead atoms. The molecule has 0 unspecified atom stereocenters. The number of nitrogens with one attached hydrogen (secondary N) is 1. The maximum Gasteiger partial charge on any atom is 0.244 e. The van der Waals surface area contributed by atoms with Crippen LogP contribution in [0.2, 0.25) is 0 Å². The zero-order chi connectivity index (χ0) is 24.8. The molecule has 1 aromatic carbocycles. The molecule has 1 N–H and O–H groups in total. The third-order valence-corrected chi connectivity index (χ3v) is 7.25. The Hall–Kier alpha value is -3.31. The Labute approximate surface area is 207 Å². The van der Waals surface area contributed by atoms with Crippen molar-refractivity contribution in [2.75, 3.05) is 45.4 Å². The fourth-order valence-corrected chi connectivity index (χ4v) is 5.23. The Morgan fingerprint density at radius 1 is 1.22 bits per heavy atom. The van der Waals surface area contributed by atoms with Crippen molar-refractivity contribution >= 4 is 22.5 Å². The van der Waals surface area contributed by atoms with Gasteiger partial charge < -0.3 is 19.4 Å². The molecule has 2 atom stereocenters. The Morgan fingerprint density at radius 2 is 2.08 bits per heavy atom. The van der Waals surface area contributed by atoms with Gasteiger partial charge >= 0.3 is 0 Å². The van der Waals surface area contributed by atoms with Gasteiger partial charge in [0.25, 0.3) is 0 Å². The molecule has 0 amide bonds. The Kier molecular flexibility index (Phi) is 5.96. The Balaban J connectivity index is 1.29. The highest BCUT2D eigenvalue weighted by Gasteiger charge is 2.35. The molecule has 11 heteroatoms. The molecule has 3 aromatic heterocycles. The maximum absolute atomic E-state index is 15.0. The fraction of sp³-hybridized carbons (Fsp3) is 0.480. The van der Waals surface area contributed by atoms with Crippen molar-refractivity contribution in [3.8, 4) is 17.0 Å². The molecule has 0 spiro atoms. The van der Waals surface area contributed by atoms with Crippen molar-refractivity contribution < 1.29 is 18.3 Å². The monoisotopic (exact) mass is 497 g/mol. The van der Waals surface area contributed by atoms with Crippen molar-refractivity contribution in [1.82, 2.24) is 29.0 Å². The minimum atomic E-state index is -1.03. The van der Waals surface area contributed by atoms with Gasteiger partial charge in [0, 0.05) is 24.8 Å². The molecule has 5 heterocycles. The molecular formula is C25H29F2N7O2. The number of benzene rings is 1. The number of hydrogen-bond acceptors (Lipinski definition) is 7. The van der Waals surface area contributed by atoms with Crippen LogP contribution in [0.25, 0.3) is 27.7 Å². The molecule has 2 aliphatic rings. The quantitative estimate of drug-likeness (QED) is 0.420. The lowest BCUT2D eigenvalue weighted by Gasteiger charge is -2.42. The first kappa shape index (κ1) is 23.1. The number of fused-ring (bicyclic) bond motifs is 2. The number of halogens is 2. The summed E-state index contributed by atoms with van der Waals surface area (Å²) in [6.45, 7) is 4.22. The molecule has 2 aliphatic heterocycles. The van der Waals surface area contributed by atoms with Gasteiger partial charge in [-0.3, -0.25) is 4.90 Å². The van der Waals surface area contributed by atoms with Crippen LogP contribution < -0.4 is 10.1 Å². The van der Waals surface area contributed by atoms with Gasteiger partial charge in [0.1, 0.15) is 24.2 Å². The number of nitrogens with zero attached hydrogens (tertiary/aromatic N) is 6. The average molecular weight is 498 g/mol. The molecule has 6 rings (SSSR count). The third kappa shape index (κ3) is 3.96. The van der Waals surface area contributed by atoms with Gasteiger partial charge in [-0.15, -0.1) is 5.10 Å². The van der Waals surface area contributed by atoms with E-state index < -0.39 is 12.8 Å². The zero-order valence-corrected chi connectivity index (χ0v) is 20.3. The number of methoxy groups -OCH3 is 1. The van der Waals surface area contributed by atoms with Gasteiger partial charge in [-0.2, -0.15) is 4.98 Å². The minimum Gasteiger partial charge on any atom is -0.479 e. The van der Waals surface area contributed by atoms with E-state index in [1.807, 2.05) is 42.0 Å². The van der Waals surface area contributed by atoms with Crippen LogP contribution in [0.4, 0.5) is 14.7 Å². The Morgan fingerprint density at radius 3 is 2.81 bits per heavy atom. The predicted octanol–water partition coefficient (Wildman–Crippen LogP) is 3.26. The van der Waals surface area contributed by atoms with Crippen molar-refractivity contribution in [1.29, 1.82) is 0 Å². The van der Waals surface area contributed by atoms with Crippen LogP contribution in [0.5, 0.6) is 5.88 Å². The van der Waals surface area contributed by atoms with Crippen molar-refractivity contribution in [3.05, 3.63) is 36.3 Å². The molecule has 2 fully saturated rings. The number of likely N-dealkylation sites (tertiary alicyclic amines) is 1. The molecule has 0 radical (unpaired) electrons. The second-order valence-electron chi connectivity index (χ2n) is 9.41. The van der Waals surface area contributed by atoms with Crippen LogP contribution in [0.1, 0.15) is 12.2 Å². The number of rotatable bonds is 7. The van der Waals surface area contributed by atoms with E-state index in [9.17, 15) is 8.78 Å². The van der Waals surface area contributed by atoms with E-state index in [1.165, 1.54) is 0 Å². The van der Waals surface area contributed by atoms with Gasteiger partial charge in [-0.25, -0.2) is 18.3 Å². The van der Waals surface area contributed by atoms with Crippen molar-refractivity contribution in [2.24, 2.45) is 0 Å². The molecule has 4 aromatic rings. The number of piperidine rings is 1. The fourth-order valence-electron chi connectivity index (χ4n) is 5.23. The summed E-state index contributed by atoms with van der Waals surface area (Å²) in [6, 6.07) is 7.81. The average Bonchev–Trinajstić information content (AvgIpc) is 3.40. The highest BCUT2D eigenvalue weighted by atomic mass is 19.1. The van der Waals surface area contributed by atoms with Crippen LogP contribution in [0, 0.1) is 6.92 Å². The molecule has 0 saturated carbocycles. The first-order chi connectivity index (χ1) is 17.6. The van der Waals surface area contributed by atoms with E-state index in [-0.39, 0.29) is 12.6 Å². The van der Waals surface area contributed by atoms with Gasteiger partial charge in [-0.1, -0.05) is 6.07 Å². The zero-order valence-electron chi connectivity index (χ0n) is 20.3. The van der Waals surface area contributed by atoms with Gasteiger partial charge in [0.2, 0.25) is 11.8 Å². The van der Waals surface area contributed by atoms with Crippen LogP contribution in [0.15, 0.2) is 30.5 Å². The summed E-state index contributed by atoms with van der Waals surface area (Å²) in [4.78, 5) is 11.3. The molecule has 9 nitrogen and oxygen atoms in total. The van der Waals surface area contributed by atoms with Gasteiger partial charge in [0.05, 0.1) is 50.0 Å². The van der Waals surface area contributed by atoms with E-state index in [0.717, 1.165) is 34.5 Å². The lowest BCUT2D eigenvalue weighted by Crippen LogP contribution is -2.57. The van der Waals surface area contributed by atoms with Crippen molar-refractivity contribution in [2.45, 2.75) is 38.1 Å². The lowest BCUT2D eigenvalue weighted by molar-refractivity contribution is -0.0794.